The number of ether oxygens (including phenoxy) is 1. The van der Waals surface area contributed by atoms with Crippen molar-refractivity contribution in [2.45, 2.75) is 20.0 Å². The van der Waals surface area contributed by atoms with E-state index < -0.39 is 12.0 Å². The Morgan fingerprint density at radius 1 is 1.58 bits per heavy atom. The van der Waals surface area contributed by atoms with E-state index in [0.29, 0.717) is 0 Å². The number of halogens is 2. The summed E-state index contributed by atoms with van der Waals surface area (Å²) in [4.78, 5) is 10.8. The molecule has 0 spiro atoms. The highest BCUT2D eigenvalue weighted by atomic mass is 35.9. The predicted molar refractivity (Wildman–Crippen MR) is 48.5 cm³/mol. The zero-order chi connectivity index (χ0) is 9.78. The molecule has 0 aromatic rings. The van der Waals surface area contributed by atoms with E-state index in [1.54, 1.807) is 13.8 Å². The average Bonchev–Trinajstić information content (AvgIpc) is 1.80. The Labute approximate surface area is 80.6 Å². The molecule has 72 valence electrons. The van der Waals surface area contributed by atoms with Gasteiger partial charge in [0.25, 0.3) is 0 Å². The van der Waals surface area contributed by atoms with Crippen molar-refractivity contribution < 1.29 is 14.1 Å². The maximum Gasteiger partial charge on any atom is 0.320 e. The van der Waals surface area contributed by atoms with Crippen LogP contribution in [0.15, 0.2) is 0 Å². The van der Waals surface area contributed by atoms with Gasteiger partial charge in [-0.3, -0.25) is 9.36 Å². The van der Waals surface area contributed by atoms with Gasteiger partial charge >= 0.3 is 12.0 Å². The number of hydrogen-bond donors (Lipinski definition) is 1. The maximum atomic E-state index is 10.8. The normalized spacial score (nSPS) is 11.8. The summed E-state index contributed by atoms with van der Waals surface area (Å²) in [7, 11) is 0. The lowest BCUT2D eigenvalue weighted by Crippen LogP contribution is -2.22. The van der Waals surface area contributed by atoms with Crippen LogP contribution in [0, 0.1) is 0 Å². The van der Waals surface area contributed by atoms with Gasteiger partial charge < -0.3 is 4.74 Å². The second kappa shape index (κ2) is 5.07. The Kier molecular flexibility index (Phi) is 5.18. The smallest absolute Gasteiger partial charge is 0.320 e. The highest BCUT2D eigenvalue weighted by Crippen LogP contribution is 2.51. The van der Waals surface area contributed by atoms with E-state index in [4.69, 9.17) is 27.2 Å². The summed E-state index contributed by atoms with van der Waals surface area (Å²) in [5.41, 5.74) is 0. The van der Waals surface area contributed by atoms with Crippen molar-refractivity contribution in [1.82, 2.24) is 5.09 Å². The summed E-state index contributed by atoms with van der Waals surface area (Å²) >= 11 is 10.2. The molecule has 7 heteroatoms. The van der Waals surface area contributed by atoms with Gasteiger partial charge in [0.05, 0.1) is 6.10 Å². The molecule has 0 saturated heterocycles. The number of rotatable bonds is 4. The third-order valence-electron chi connectivity index (χ3n) is 0.775. The Morgan fingerprint density at radius 3 is 2.42 bits per heavy atom. The van der Waals surface area contributed by atoms with E-state index in [-0.39, 0.29) is 12.6 Å². The number of carbonyl (C=O) groups excluding carboxylic acids is 1. The first-order valence-corrected chi connectivity index (χ1v) is 6.77. The minimum absolute atomic E-state index is 0.204. The lowest BCUT2D eigenvalue weighted by Gasteiger charge is -2.08. The van der Waals surface area contributed by atoms with Crippen molar-refractivity contribution in [2.24, 2.45) is 0 Å². The van der Waals surface area contributed by atoms with E-state index >= 15 is 0 Å². The number of carbonyl (C=O) groups is 1. The van der Waals surface area contributed by atoms with Gasteiger partial charge in [-0.05, 0) is 36.3 Å². The van der Waals surface area contributed by atoms with E-state index in [0.717, 1.165) is 0 Å². The van der Waals surface area contributed by atoms with Gasteiger partial charge in [-0.1, -0.05) is 0 Å². The van der Waals surface area contributed by atoms with E-state index in [1.165, 1.54) is 0 Å². The Bertz CT molecular complexity index is 203. The molecule has 0 saturated carbocycles. The van der Waals surface area contributed by atoms with Gasteiger partial charge in [-0.2, -0.15) is 0 Å². The third kappa shape index (κ3) is 8.34. The Hall–Kier alpha value is 0.240. The van der Waals surface area contributed by atoms with Crippen LogP contribution < -0.4 is 5.09 Å². The zero-order valence-corrected chi connectivity index (χ0v) is 9.12. The van der Waals surface area contributed by atoms with Crippen LogP contribution in [0.25, 0.3) is 0 Å². The molecule has 0 amide bonds. The van der Waals surface area contributed by atoms with Crippen LogP contribution >= 0.6 is 28.5 Å². The molecular weight excluding hydrogens is 224 g/mol. The molecule has 0 heterocycles. The highest BCUT2D eigenvalue weighted by molar-refractivity contribution is 8.07. The molecule has 0 fully saturated rings. The van der Waals surface area contributed by atoms with Crippen molar-refractivity contribution >= 4 is 34.4 Å². The monoisotopic (exact) mass is 233 g/mol. The summed E-state index contributed by atoms with van der Waals surface area (Å²) in [5.74, 6) is -3.91. The summed E-state index contributed by atoms with van der Waals surface area (Å²) < 4.78 is 15.3. The zero-order valence-electron chi connectivity index (χ0n) is 6.71. The molecule has 0 bridgehead atoms. The van der Waals surface area contributed by atoms with E-state index in [1.807, 2.05) is 0 Å². The first kappa shape index (κ1) is 12.2. The summed E-state index contributed by atoms with van der Waals surface area (Å²) in [6.07, 6.45) is -0.204. The van der Waals surface area contributed by atoms with E-state index in [2.05, 4.69) is 5.09 Å². The van der Waals surface area contributed by atoms with Crippen molar-refractivity contribution in [1.29, 1.82) is 0 Å². The van der Waals surface area contributed by atoms with Gasteiger partial charge in [-0.25, -0.2) is 5.09 Å². The summed E-state index contributed by atoms with van der Waals surface area (Å²) in [5, 5.41) is 2.14. The highest BCUT2D eigenvalue weighted by Gasteiger charge is 2.15. The quantitative estimate of drug-likeness (QED) is 0.597. The number of esters is 1. The predicted octanol–water partition coefficient (Wildman–Crippen LogP) is 2.11. The van der Waals surface area contributed by atoms with Gasteiger partial charge in [-0.15, -0.1) is 0 Å². The third-order valence-corrected chi connectivity index (χ3v) is 2.02. The fraction of sp³-hybridized carbons (Fsp3) is 0.800. The van der Waals surface area contributed by atoms with Gasteiger partial charge in [0.2, 0.25) is 0 Å². The minimum atomic E-state index is -3.37. The Morgan fingerprint density at radius 2 is 2.08 bits per heavy atom. The topological polar surface area (TPSA) is 55.4 Å². The molecule has 0 rings (SSSR count). The molecule has 1 N–H and O–H groups in total. The first-order chi connectivity index (χ1) is 5.31. The van der Waals surface area contributed by atoms with Crippen LogP contribution in [-0.4, -0.2) is 18.6 Å². The molecule has 4 nitrogen and oxygen atoms in total. The molecule has 0 aromatic heterocycles. The lowest BCUT2D eigenvalue weighted by atomic mass is 10.5. The average molecular weight is 234 g/mol. The summed E-state index contributed by atoms with van der Waals surface area (Å²) in [6, 6.07) is 0. The second-order valence-corrected chi connectivity index (χ2v) is 6.95. The second-order valence-electron chi connectivity index (χ2n) is 2.34. The molecule has 0 aliphatic rings. The largest absolute Gasteiger partial charge is 0.462 e. The summed E-state index contributed by atoms with van der Waals surface area (Å²) in [6.45, 7) is 3.17. The van der Waals surface area contributed by atoms with Gasteiger partial charge in [0, 0.05) is 0 Å². The van der Waals surface area contributed by atoms with Crippen LogP contribution in [0.4, 0.5) is 0 Å². The molecule has 0 aromatic carbocycles. The molecule has 0 atom stereocenters. The van der Waals surface area contributed by atoms with Crippen LogP contribution in [0.2, 0.25) is 0 Å². The van der Waals surface area contributed by atoms with Crippen LogP contribution in [0.3, 0.4) is 0 Å². The SMILES string of the molecule is CC(C)OC(=O)CNP(=O)(Cl)Cl. The molecule has 0 unspecified atom stereocenters. The fourth-order valence-corrected chi connectivity index (χ4v) is 1.13. The lowest BCUT2D eigenvalue weighted by molar-refractivity contribution is -0.145. The fourth-order valence-electron chi connectivity index (χ4n) is 0.461. The standard InChI is InChI=1S/C5H10Cl2NO3P/c1-4(2)11-5(9)3-8-12(6,7)10/h4H,3H2,1-2H3,(H,8,10). The molecule has 0 aliphatic heterocycles. The van der Waals surface area contributed by atoms with Crippen molar-refractivity contribution in [3.63, 3.8) is 0 Å². The first-order valence-electron chi connectivity index (χ1n) is 3.25. The van der Waals surface area contributed by atoms with Crippen molar-refractivity contribution in [3.05, 3.63) is 0 Å². The molecular formula is C5H10Cl2NO3P. The molecule has 12 heavy (non-hydrogen) atoms. The van der Waals surface area contributed by atoms with Crippen LogP contribution in [0.5, 0.6) is 0 Å². The van der Waals surface area contributed by atoms with Crippen LogP contribution in [0.1, 0.15) is 13.8 Å². The minimum Gasteiger partial charge on any atom is -0.462 e. The van der Waals surface area contributed by atoms with Gasteiger partial charge in [0.15, 0.2) is 0 Å². The maximum absolute atomic E-state index is 10.8. The van der Waals surface area contributed by atoms with E-state index in [9.17, 15) is 9.36 Å². The van der Waals surface area contributed by atoms with Crippen molar-refractivity contribution in [3.8, 4) is 0 Å². The molecule has 0 radical (unpaired) electrons. The number of nitrogens with one attached hydrogen (secondary N) is 1. The number of hydrogen-bond acceptors (Lipinski definition) is 3. The molecule has 0 aliphatic carbocycles. The van der Waals surface area contributed by atoms with Crippen molar-refractivity contribution in [2.75, 3.05) is 6.54 Å². The Balaban J connectivity index is 3.66. The van der Waals surface area contributed by atoms with Crippen LogP contribution in [-0.2, 0) is 14.1 Å². The van der Waals surface area contributed by atoms with Gasteiger partial charge in [0.1, 0.15) is 6.54 Å².